The smallest absolute Gasteiger partial charge is 0.0540 e. The summed E-state index contributed by atoms with van der Waals surface area (Å²) in [6, 6.07) is 78.9. The number of aryl methyl sites for hydroxylation is 4. The zero-order valence-electron chi connectivity index (χ0n) is 43.0. The number of rotatable bonds is 21. The molecule has 9 rings (SSSR count). The van der Waals surface area contributed by atoms with Crippen LogP contribution in [0.15, 0.2) is 219 Å². The van der Waals surface area contributed by atoms with Crippen molar-refractivity contribution in [1.82, 2.24) is 0 Å². The van der Waals surface area contributed by atoms with Crippen LogP contribution < -0.4 is 9.80 Å². The van der Waals surface area contributed by atoms with Gasteiger partial charge in [0.25, 0.3) is 0 Å². The minimum atomic E-state index is 1.05. The van der Waals surface area contributed by atoms with Gasteiger partial charge in [-0.05, 0) is 168 Å². The van der Waals surface area contributed by atoms with Crippen molar-refractivity contribution in [1.29, 1.82) is 0 Å². The molecule has 0 fully saturated rings. The molecule has 2 nitrogen and oxygen atoms in total. The largest absolute Gasteiger partial charge is 0.311 e. The van der Waals surface area contributed by atoms with Crippen LogP contribution in [0.5, 0.6) is 0 Å². The Labute approximate surface area is 431 Å². The average molecular weight is 939 g/mol. The van der Waals surface area contributed by atoms with Gasteiger partial charge in [0.2, 0.25) is 0 Å². The van der Waals surface area contributed by atoms with E-state index in [2.05, 4.69) is 256 Å². The maximum Gasteiger partial charge on any atom is 0.0540 e. The molecule has 0 radical (unpaired) electrons. The van der Waals surface area contributed by atoms with E-state index < -0.39 is 0 Å². The predicted molar refractivity (Wildman–Crippen MR) is 313 cm³/mol. The van der Waals surface area contributed by atoms with Gasteiger partial charge in [-0.15, -0.1) is 0 Å². The molecule has 0 spiro atoms. The average Bonchev–Trinajstić information content (AvgIpc) is 3.43. The van der Waals surface area contributed by atoms with Crippen molar-refractivity contribution < 1.29 is 0 Å². The maximum atomic E-state index is 4.00. The van der Waals surface area contributed by atoms with Crippen molar-refractivity contribution >= 4 is 40.2 Å². The first-order valence-electron chi connectivity index (χ1n) is 26.5. The number of hydrogen-bond acceptors (Lipinski definition) is 2. The van der Waals surface area contributed by atoms with Gasteiger partial charge in [-0.1, -0.05) is 216 Å². The van der Waals surface area contributed by atoms with E-state index in [0.29, 0.717) is 0 Å². The topological polar surface area (TPSA) is 6.48 Å². The molecule has 0 aliphatic carbocycles. The van der Waals surface area contributed by atoms with Crippen LogP contribution in [0.3, 0.4) is 0 Å². The van der Waals surface area contributed by atoms with Crippen LogP contribution in [0.25, 0.3) is 50.6 Å². The van der Waals surface area contributed by atoms with Gasteiger partial charge < -0.3 is 9.80 Å². The molecule has 0 bridgehead atoms. The molecule has 0 saturated carbocycles. The third-order valence-corrected chi connectivity index (χ3v) is 14.2. The molecule has 0 unspecified atom stereocenters. The van der Waals surface area contributed by atoms with Crippen molar-refractivity contribution in [2.75, 3.05) is 9.80 Å². The lowest BCUT2D eigenvalue weighted by atomic mass is 9.86. The van der Waals surface area contributed by atoms with E-state index in [1.54, 1.807) is 0 Å². The van der Waals surface area contributed by atoms with Gasteiger partial charge in [0.15, 0.2) is 0 Å². The Hall–Kier alpha value is -7.68. The molecule has 9 aromatic carbocycles. The van der Waals surface area contributed by atoms with Crippen LogP contribution >= 0.6 is 0 Å². The third-order valence-electron chi connectivity index (χ3n) is 14.2. The maximum absolute atomic E-state index is 4.00. The van der Waals surface area contributed by atoms with E-state index in [0.717, 1.165) is 52.5 Å². The molecule has 0 N–H and O–H groups in total. The fourth-order valence-electron chi connectivity index (χ4n) is 10.1. The number of benzene rings is 9. The molecule has 360 valence electrons. The minimum Gasteiger partial charge on any atom is -0.311 e. The lowest BCUT2D eigenvalue weighted by Crippen LogP contribution is -2.11. The number of nitrogens with zero attached hydrogens (tertiary/aromatic N) is 2. The molecule has 2 heteroatoms. The highest BCUT2D eigenvalue weighted by molar-refractivity contribution is 5.91. The molecule has 72 heavy (non-hydrogen) atoms. The Morgan fingerprint density at radius 3 is 1.18 bits per heavy atom. The summed E-state index contributed by atoms with van der Waals surface area (Å²) in [5, 5.41) is 0. The molecular weight excluding hydrogens is 869 g/mol. The van der Waals surface area contributed by atoms with Crippen molar-refractivity contribution in [3.05, 3.63) is 247 Å². The molecule has 0 amide bonds. The van der Waals surface area contributed by atoms with Crippen LogP contribution in [-0.4, -0.2) is 0 Å². The van der Waals surface area contributed by atoms with Crippen LogP contribution in [0.4, 0.5) is 34.1 Å². The van der Waals surface area contributed by atoms with Gasteiger partial charge in [-0.2, -0.15) is 0 Å². The molecule has 0 aromatic heterocycles. The van der Waals surface area contributed by atoms with E-state index in [4.69, 9.17) is 0 Å². The number of unbranched alkanes of at least 4 members (excludes halogenated alkanes) is 6. The summed E-state index contributed by atoms with van der Waals surface area (Å²) in [4.78, 5) is 4.80. The molecular formula is C70H70N2. The van der Waals surface area contributed by atoms with Crippen molar-refractivity contribution in [3.8, 4) is 44.5 Å². The Bertz CT molecular complexity index is 3130. The third kappa shape index (κ3) is 11.7. The Morgan fingerprint density at radius 2 is 0.736 bits per heavy atom. The lowest BCUT2D eigenvalue weighted by Gasteiger charge is -2.29. The van der Waals surface area contributed by atoms with Crippen LogP contribution in [0, 0.1) is 13.8 Å². The highest BCUT2D eigenvalue weighted by Crippen LogP contribution is 2.44. The first-order chi connectivity index (χ1) is 35.4. The summed E-state index contributed by atoms with van der Waals surface area (Å²) in [5.74, 6) is 0. The molecule has 0 aliphatic heterocycles. The first kappa shape index (κ1) is 49.3. The quantitative estimate of drug-likeness (QED) is 0.0663. The fourth-order valence-corrected chi connectivity index (χ4v) is 10.1. The summed E-state index contributed by atoms with van der Waals surface area (Å²) in [7, 11) is 0. The van der Waals surface area contributed by atoms with Gasteiger partial charge in [0, 0.05) is 34.0 Å². The summed E-state index contributed by atoms with van der Waals surface area (Å²) in [5.41, 5.74) is 23.3. The van der Waals surface area contributed by atoms with Gasteiger partial charge in [-0.25, -0.2) is 0 Å². The molecule has 9 aromatic rings. The molecule has 0 aliphatic rings. The molecule has 0 heterocycles. The van der Waals surface area contributed by atoms with Crippen molar-refractivity contribution in [3.63, 3.8) is 0 Å². The van der Waals surface area contributed by atoms with Gasteiger partial charge in [0.05, 0.1) is 5.69 Å². The Kier molecular flexibility index (Phi) is 16.4. The summed E-state index contributed by atoms with van der Waals surface area (Å²) in [6.45, 7) is 12.9. The second-order valence-corrected chi connectivity index (χ2v) is 19.5. The zero-order valence-corrected chi connectivity index (χ0v) is 43.0. The predicted octanol–water partition coefficient (Wildman–Crippen LogP) is 20.8. The molecule has 0 saturated heterocycles. The van der Waals surface area contributed by atoms with Crippen LogP contribution in [0.1, 0.15) is 93.0 Å². The highest BCUT2D eigenvalue weighted by Gasteiger charge is 2.21. The zero-order chi connectivity index (χ0) is 49.7. The van der Waals surface area contributed by atoms with E-state index in [-0.39, 0.29) is 0 Å². The van der Waals surface area contributed by atoms with Crippen molar-refractivity contribution in [2.24, 2.45) is 0 Å². The fraction of sp³-hybridized carbons (Fsp3) is 0.200. The minimum absolute atomic E-state index is 1.05. The summed E-state index contributed by atoms with van der Waals surface area (Å²) < 4.78 is 0. The van der Waals surface area contributed by atoms with Crippen LogP contribution in [-0.2, 0) is 12.8 Å². The van der Waals surface area contributed by atoms with Gasteiger partial charge in [-0.3, -0.25) is 0 Å². The number of hydrogen-bond donors (Lipinski definition) is 0. The second kappa shape index (κ2) is 24.0. The SMILES string of the molecule is C=Cc1ccc(N(c2ccc(C)cc2)c2ccc(-c3cc(CCCCCC)c(-c4ccc(N(c5ccc(C)cc5)c5ccc(-c6ccccc6)cc5-c5ccccc5)cc4)cc3CCCCCC)cc2)cc1. The van der Waals surface area contributed by atoms with Gasteiger partial charge >= 0.3 is 0 Å². The normalized spacial score (nSPS) is 11.1. The molecule has 0 atom stereocenters. The standard InChI is InChI=1S/C70H70N2/c1-6-9-11-15-25-60-51-68(61(26-16-12-10-7-2)50-67(60)57-33-44-64(45-34-57)71(62-38-27-52(4)28-39-62)63-42-31-54(8-3)32-43-63)58-35-46-66(47-36-58)72(65-40-29-53(5)30-41-65)70-48-37-59(55-21-17-13-18-22-55)49-69(70)56-23-19-14-20-24-56/h8,13-14,17-24,27-51H,3,6-7,9-12,15-16,25-26H2,1-2,4-5H3. The summed E-state index contributed by atoms with van der Waals surface area (Å²) >= 11 is 0. The van der Waals surface area contributed by atoms with Crippen molar-refractivity contribution in [2.45, 2.75) is 91.9 Å². The van der Waals surface area contributed by atoms with E-state index in [1.165, 1.54) is 118 Å². The van der Waals surface area contributed by atoms with E-state index in [9.17, 15) is 0 Å². The van der Waals surface area contributed by atoms with E-state index >= 15 is 0 Å². The van der Waals surface area contributed by atoms with E-state index in [1.807, 2.05) is 6.08 Å². The Balaban J connectivity index is 1.13. The number of anilines is 6. The highest BCUT2D eigenvalue weighted by atomic mass is 15.1. The first-order valence-corrected chi connectivity index (χ1v) is 26.5. The summed E-state index contributed by atoms with van der Waals surface area (Å²) in [6.07, 6.45) is 13.8. The second-order valence-electron chi connectivity index (χ2n) is 19.5. The lowest BCUT2D eigenvalue weighted by molar-refractivity contribution is 0.664. The monoisotopic (exact) mass is 939 g/mol. The van der Waals surface area contributed by atoms with Crippen LogP contribution in [0.2, 0.25) is 0 Å². The van der Waals surface area contributed by atoms with Gasteiger partial charge in [0.1, 0.15) is 0 Å². The Morgan fingerprint density at radius 1 is 0.347 bits per heavy atom.